The standard InChI is InChI=1S/C17H28N2/c1-2-3-4-5-9-17(19-18)13-14-10-11-15-7-6-8-16(15)12-14/h10-12,17,19H,2-9,13,18H2,1H3. The Morgan fingerprint density at radius 1 is 1.16 bits per heavy atom. The Bertz CT molecular complexity index is 387. The summed E-state index contributed by atoms with van der Waals surface area (Å²) in [5.41, 5.74) is 7.57. The number of hydrogen-bond donors (Lipinski definition) is 2. The summed E-state index contributed by atoms with van der Waals surface area (Å²) in [6, 6.07) is 7.44. The molecule has 2 rings (SSSR count). The highest BCUT2D eigenvalue weighted by Gasteiger charge is 2.13. The highest BCUT2D eigenvalue weighted by Crippen LogP contribution is 2.23. The third kappa shape index (κ3) is 4.32. The van der Waals surface area contributed by atoms with Crippen molar-refractivity contribution in [1.82, 2.24) is 5.43 Å². The van der Waals surface area contributed by atoms with E-state index in [4.69, 9.17) is 5.84 Å². The minimum Gasteiger partial charge on any atom is -0.271 e. The van der Waals surface area contributed by atoms with Crippen LogP contribution in [0.15, 0.2) is 18.2 Å². The zero-order valence-corrected chi connectivity index (χ0v) is 12.3. The van der Waals surface area contributed by atoms with Crippen LogP contribution in [0.2, 0.25) is 0 Å². The summed E-state index contributed by atoms with van der Waals surface area (Å²) in [6.07, 6.45) is 11.4. The number of nitrogens with two attached hydrogens (primary N) is 1. The van der Waals surface area contributed by atoms with E-state index in [1.807, 2.05) is 0 Å². The molecule has 0 saturated heterocycles. The number of rotatable bonds is 8. The van der Waals surface area contributed by atoms with Gasteiger partial charge in [0.15, 0.2) is 0 Å². The molecule has 2 heteroatoms. The summed E-state index contributed by atoms with van der Waals surface area (Å²) < 4.78 is 0. The van der Waals surface area contributed by atoms with Gasteiger partial charge in [-0.15, -0.1) is 0 Å². The summed E-state index contributed by atoms with van der Waals surface area (Å²) in [6.45, 7) is 2.25. The van der Waals surface area contributed by atoms with Crippen LogP contribution in [0.1, 0.15) is 62.1 Å². The van der Waals surface area contributed by atoms with Gasteiger partial charge in [-0.25, -0.2) is 0 Å². The third-order valence-corrected chi connectivity index (χ3v) is 4.29. The first-order valence-corrected chi connectivity index (χ1v) is 7.90. The summed E-state index contributed by atoms with van der Waals surface area (Å²) in [4.78, 5) is 0. The molecule has 19 heavy (non-hydrogen) atoms. The molecular weight excluding hydrogens is 232 g/mol. The van der Waals surface area contributed by atoms with Gasteiger partial charge in [0, 0.05) is 6.04 Å². The molecule has 0 saturated carbocycles. The molecule has 0 aliphatic heterocycles. The fourth-order valence-electron chi connectivity index (χ4n) is 3.10. The molecule has 106 valence electrons. The Balaban J connectivity index is 1.84. The number of fused-ring (bicyclic) bond motifs is 1. The largest absolute Gasteiger partial charge is 0.271 e. The van der Waals surface area contributed by atoms with Crippen molar-refractivity contribution in [2.24, 2.45) is 5.84 Å². The molecular formula is C17H28N2. The molecule has 0 bridgehead atoms. The number of hydrogen-bond acceptors (Lipinski definition) is 2. The molecule has 1 aromatic carbocycles. The summed E-state index contributed by atoms with van der Waals surface area (Å²) in [7, 11) is 0. The Morgan fingerprint density at radius 3 is 2.79 bits per heavy atom. The van der Waals surface area contributed by atoms with Gasteiger partial charge in [0.05, 0.1) is 0 Å². The van der Waals surface area contributed by atoms with Gasteiger partial charge in [-0.05, 0) is 48.8 Å². The van der Waals surface area contributed by atoms with Crippen LogP contribution in [0.25, 0.3) is 0 Å². The summed E-state index contributed by atoms with van der Waals surface area (Å²) in [5, 5.41) is 0. The van der Waals surface area contributed by atoms with Crippen molar-refractivity contribution in [2.45, 2.75) is 70.8 Å². The van der Waals surface area contributed by atoms with Gasteiger partial charge in [-0.1, -0.05) is 50.8 Å². The fourth-order valence-corrected chi connectivity index (χ4v) is 3.10. The van der Waals surface area contributed by atoms with Crippen molar-refractivity contribution in [2.75, 3.05) is 0 Å². The van der Waals surface area contributed by atoms with Gasteiger partial charge in [-0.2, -0.15) is 0 Å². The van der Waals surface area contributed by atoms with Crippen LogP contribution in [0.5, 0.6) is 0 Å². The number of nitrogens with one attached hydrogen (secondary N) is 1. The fraction of sp³-hybridized carbons (Fsp3) is 0.647. The molecule has 1 aliphatic carbocycles. The molecule has 0 aromatic heterocycles. The zero-order valence-electron chi connectivity index (χ0n) is 12.3. The lowest BCUT2D eigenvalue weighted by Crippen LogP contribution is -2.36. The molecule has 0 radical (unpaired) electrons. The molecule has 2 nitrogen and oxygen atoms in total. The number of benzene rings is 1. The molecule has 0 amide bonds. The minimum atomic E-state index is 0.427. The van der Waals surface area contributed by atoms with Gasteiger partial charge >= 0.3 is 0 Å². The zero-order chi connectivity index (χ0) is 13.5. The summed E-state index contributed by atoms with van der Waals surface area (Å²) in [5.74, 6) is 5.70. The first-order chi connectivity index (χ1) is 9.33. The lowest BCUT2D eigenvalue weighted by Gasteiger charge is -2.16. The SMILES string of the molecule is CCCCCCC(Cc1ccc2c(c1)CCC2)NN. The van der Waals surface area contributed by atoms with E-state index in [1.165, 1.54) is 56.9 Å². The lowest BCUT2D eigenvalue weighted by molar-refractivity contribution is 0.463. The number of hydrazine groups is 1. The van der Waals surface area contributed by atoms with E-state index in [0.717, 1.165) is 6.42 Å². The molecule has 0 heterocycles. The van der Waals surface area contributed by atoms with Crippen LogP contribution < -0.4 is 11.3 Å². The van der Waals surface area contributed by atoms with E-state index in [9.17, 15) is 0 Å². The molecule has 0 fully saturated rings. The highest BCUT2D eigenvalue weighted by atomic mass is 15.2. The van der Waals surface area contributed by atoms with E-state index in [-0.39, 0.29) is 0 Å². The normalized spacial score (nSPS) is 15.5. The van der Waals surface area contributed by atoms with Crippen LogP contribution in [-0.2, 0) is 19.3 Å². The van der Waals surface area contributed by atoms with Crippen LogP contribution >= 0.6 is 0 Å². The second-order valence-electron chi connectivity index (χ2n) is 5.87. The van der Waals surface area contributed by atoms with Crippen molar-refractivity contribution >= 4 is 0 Å². The van der Waals surface area contributed by atoms with E-state index < -0.39 is 0 Å². The molecule has 3 N–H and O–H groups in total. The Kier molecular flexibility index (Phi) is 5.87. The average molecular weight is 260 g/mol. The maximum Gasteiger partial charge on any atom is 0.0250 e. The average Bonchev–Trinajstić information content (AvgIpc) is 2.89. The van der Waals surface area contributed by atoms with E-state index >= 15 is 0 Å². The van der Waals surface area contributed by atoms with Crippen molar-refractivity contribution in [3.8, 4) is 0 Å². The lowest BCUT2D eigenvalue weighted by atomic mass is 9.98. The predicted octanol–water partition coefficient (Wildman–Crippen LogP) is 3.52. The van der Waals surface area contributed by atoms with E-state index in [1.54, 1.807) is 11.1 Å². The van der Waals surface area contributed by atoms with Gasteiger partial charge in [0.25, 0.3) is 0 Å². The van der Waals surface area contributed by atoms with Gasteiger partial charge in [0.1, 0.15) is 0 Å². The molecule has 1 aliphatic rings. The summed E-state index contributed by atoms with van der Waals surface area (Å²) >= 11 is 0. The minimum absolute atomic E-state index is 0.427. The second-order valence-corrected chi connectivity index (χ2v) is 5.87. The maximum absolute atomic E-state index is 5.70. The molecule has 1 unspecified atom stereocenters. The first-order valence-electron chi connectivity index (χ1n) is 7.90. The van der Waals surface area contributed by atoms with Crippen LogP contribution in [0.4, 0.5) is 0 Å². The smallest absolute Gasteiger partial charge is 0.0250 e. The van der Waals surface area contributed by atoms with Crippen LogP contribution in [-0.4, -0.2) is 6.04 Å². The topological polar surface area (TPSA) is 38.0 Å². The third-order valence-electron chi connectivity index (χ3n) is 4.29. The predicted molar refractivity (Wildman–Crippen MR) is 82.0 cm³/mol. The van der Waals surface area contributed by atoms with Gasteiger partial charge in [0.2, 0.25) is 0 Å². The molecule has 1 aromatic rings. The molecule has 0 spiro atoms. The Hall–Kier alpha value is -0.860. The number of aryl methyl sites for hydroxylation is 2. The number of unbranched alkanes of at least 4 members (excludes halogenated alkanes) is 3. The quantitative estimate of drug-likeness (QED) is 0.426. The van der Waals surface area contributed by atoms with Gasteiger partial charge < -0.3 is 0 Å². The van der Waals surface area contributed by atoms with Gasteiger partial charge in [-0.3, -0.25) is 11.3 Å². The van der Waals surface area contributed by atoms with Crippen molar-refractivity contribution in [1.29, 1.82) is 0 Å². The maximum atomic E-state index is 5.70. The van der Waals surface area contributed by atoms with E-state index in [2.05, 4.69) is 30.5 Å². The second kappa shape index (κ2) is 7.66. The van der Waals surface area contributed by atoms with Crippen molar-refractivity contribution in [3.05, 3.63) is 34.9 Å². The van der Waals surface area contributed by atoms with Crippen LogP contribution in [0, 0.1) is 0 Å². The Labute approximate surface area is 117 Å². The monoisotopic (exact) mass is 260 g/mol. The first kappa shape index (κ1) is 14.5. The van der Waals surface area contributed by atoms with E-state index in [0.29, 0.717) is 6.04 Å². The Morgan fingerprint density at radius 2 is 2.00 bits per heavy atom. The van der Waals surface area contributed by atoms with Crippen LogP contribution in [0.3, 0.4) is 0 Å². The highest BCUT2D eigenvalue weighted by molar-refractivity contribution is 5.35. The molecule has 1 atom stereocenters. The van der Waals surface area contributed by atoms with Crippen molar-refractivity contribution < 1.29 is 0 Å². The van der Waals surface area contributed by atoms with Crippen molar-refractivity contribution in [3.63, 3.8) is 0 Å².